The number of aryl methyl sites for hydroxylation is 1. The van der Waals surface area contributed by atoms with Crippen molar-refractivity contribution in [2.75, 3.05) is 6.54 Å². The fourth-order valence-electron chi connectivity index (χ4n) is 0.873. The molecule has 0 radical (unpaired) electrons. The first-order valence-electron chi connectivity index (χ1n) is 3.89. The average molecular weight is 297 g/mol. The van der Waals surface area contributed by atoms with Crippen molar-refractivity contribution in [3.05, 3.63) is 4.60 Å². The summed E-state index contributed by atoms with van der Waals surface area (Å²) in [6.45, 7) is 1.04. The molecule has 0 aromatic carbocycles. The summed E-state index contributed by atoms with van der Waals surface area (Å²) in [5, 5.41) is 6.95. The van der Waals surface area contributed by atoms with Crippen LogP contribution in [0.2, 0.25) is 0 Å². The Hall–Kier alpha value is -0.800. The van der Waals surface area contributed by atoms with Gasteiger partial charge in [-0.3, -0.25) is 4.79 Å². The highest BCUT2D eigenvalue weighted by Gasteiger charge is 2.23. The number of nitrogens with zero attached hydrogens (tertiary/aromatic N) is 3. The van der Waals surface area contributed by atoms with Gasteiger partial charge in [0.15, 0.2) is 4.60 Å². The molecule has 0 amide bonds. The second-order valence-corrected chi connectivity index (χ2v) is 5.27. The summed E-state index contributed by atoms with van der Waals surface area (Å²) in [5.74, 6) is -0.273. The van der Waals surface area contributed by atoms with Crippen LogP contribution in [-0.2, 0) is 21.9 Å². The summed E-state index contributed by atoms with van der Waals surface area (Å²) in [6.07, 6.45) is 0. The highest BCUT2D eigenvalue weighted by molar-refractivity contribution is 9.10. The highest BCUT2D eigenvalue weighted by Crippen LogP contribution is 2.16. The summed E-state index contributed by atoms with van der Waals surface area (Å²) < 4.78 is 26.6. The Morgan fingerprint density at radius 1 is 1.60 bits per heavy atom. The van der Waals surface area contributed by atoms with Crippen molar-refractivity contribution in [3.63, 3.8) is 0 Å². The number of hydrogen-bond donors (Lipinski definition) is 1. The molecule has 0 aliphatic heterocycles. The van der Waals surface area contributed by atoms with Crippen LogP contribution in [0.3, 0.4) is 0 Å². The number of hydrogen-bond acceptors (Lipinski definition) is 5. The summed E-state index contributed by atoms with van der Waals surface area (Å²) in [6, 6.07) is 0. The molecule has 15 heavy (non-hydrogen) atoms. The second kappa shape index (κ2) is 4.37. The third-order valence-corrected chi connectivity index (χ3v) is 3.79. The van der Waals surface area contributed by atoms with E-state index in [-0.39, 0.29) is 22.0 Å². The van der Waals surface area contributed by atoms with E-state index in [4.69, 9.17) is 0 Å². The quantitative estimate of drug-likeness (QED) is 0.804. The lowest BCUT2D eigenvalue weighted by atomic mass is 10.5. The fourth-order valence-corrected chi connectivity index (χ4v) is 3.02. The van der Waals surface area contributed by atoms with Gasteiger partial charge in [0.25, 0.3) is 10.0 Å². The molecule has 1 N–H and O–H groups in total. The first-order chi connectivity index (χ1) is 6.84. The van der Waals surface area contributed by atoms with Crippen LogP contribution in [0.5, 0.6) is 0 Å². The standard InChI is InChI=1S/C6H9BrN4O3S/c1-4(12)3-8-15(13,14)6-5(7)9-10-11(6)2/h8H,3H2,1-2H3. The van der Waals surface area contributed by atoms with Gasteiger partial charge >= 0.3 is 0 Å². The van der Waals surface area contributed by atoms with Gasteiger partial charge in [-0.05, 0) is 22.9 Å². The van der Waals surface area contributed by atoms with Crippen molar-refractivity contribution in [3.8, 4) is 0 Å². The number of Topliss-reactive ketones (excluding diaryl/α,β-unsaturated/α-hetero) is 1. The van der Waals surface area contributed by atoms with Gasteiger partial charge < -0.3 is 0 Å². The van der Waals surface area contributed by atoms with E-state index in [0.29, 0.717) is 0 Å². The molecule has 0 atom stereocenters. The number of ketones is 1. The van der Waals surface area contributed by atoms with Crippen molar-refractivity contribution in [2.45, 2.75) is 11.9 Å². The van der Waals surface area contributed by atoms with E-state index in [1.54, 1.807) is 0 Å². The predicted octanol–water partition coefficient (Wildman–Crippen LogP) is -0.555. The summed E-state index contributed by atoms with van der Waals surface area (Å²) in [5.41, 5.74) is 0. The normalized spacial score (nSPS) is 11.7. The van der Waals surface area contributed by atoms with Crippen LogP contribution in [0, 0.1) is 0 Å². The maximum atomic E-state index is 11.6. The first kappa shape index (κ1) is 12.3. The molecule has 0 aliphatic carbocycles. The number of rotatable bonds is 4. The second-order valence-electron chi connectivity index (χ2n) is 2.84. The monoisotopic (exact) mass is 296 g/mol. The van der Waals surface area contributed by atoms with Crippen LogP contribution in [0.4, 0.5) is 0 Å². The summed E-state index contributed by atoms with van der Waals surface area (Å²) >= 11 is 2.96. The number of carbonyl (C=O) groups is 1. The first-order valence-corrected chi connectivity index (χ1v) is 6.16. The van der Waals surface area contributed by atoms with Gasteiger partial charge in [0, 0.05) is 7.05 Å². The lowest BCUT2D eigenvalue weighted by molar-refractivity contribution is -0.115. The Labute approximate surface area is 95.0 Å². The lowest BCUT2D eigenvalue weighted by Gasteiger charge is -2.04. The zero-order chi connectivity index (χ0) is 11.6. The molecule has 0 aliphatic rings. The van der Waals surface area contributed by atoms with Crippen LogP contribution in [0.15, 0.2) is 9.63 Å². The molecule has 0 fully saturated rings. The Balaban J connectivity index is 3.01. The molecule has 0 saturated carbocycles. The Morgan fingerprint density at radius 3 is 2.60 bits per heavy atom. The molecule has 0 spiro atoms. The third kappa shape index (κ3) is 2.83. The van der Waals surface area contributed by atoms with Gasteiger partial charge in [0.2, 0.25) is 5.03 Å². The maximum absolute atomic E-state index is 11.6. The number of halogens is 1. The zero-order valence-electron chi connectivity index (χ0n) is 8.06. The lowest BCUT2D eigenvalue weighted by Crippen LogP contribution is -2.30. The SMILES string of the molecule is CC(=O)CNS(=O)(=O)c1c(Br)nnn1C. The average Bonchev–Trinajstić information content (AvgIpc) is 2.43. The zero-order valence-corrected chi connectivity index (χ0v) is 10.5. The molecular weight excluding hydrogens is 288 g/mol. The van der Waals surface area contributed by atoms with E-state index in [1.807, 2.05) is 0 Å². The van der Waals surface area contributed by atoms with Crippen molar-refractivity contribution >= 4 is 31.7 Å². The minimum Gasteiger partial charge on any atom is -0.299 e. The molecule has 1 heterocycles. The molecule has 1 aromatic heterocycles. The minimum atomic E-state index is -3.75. The van der Waals surface area contributed by atoms with Crippen LogP contribution in [0.1, 0.15) is 6.92 Å². The number of aromatic nitrogens is 3. The Bertz CT molecular complexity index is 461. The number of carbonyl (C=O) groups excluding carboxylic acids is 1. The van der Waals surface area contributed by atoms with Crippen LogP contribution >= 0.6 is 15.9 Å². The largest absolute Gasteiger partial charge is 0.299 e. The maximum Gasteiger partial charge on any atom is 0.260 e. The summed E-state index contributed by atoms with van der Waals surface area (Å²) in [7, 11) is -2.31. The molecule has 7 nitrogen and oxygen atoms in total. The molecule has 9 heteroatoms. The van der Waals surface area contributed by atoms with E-state index in [9.17, 15) is 13.2 Å². The van der Waals surface area contributed by atoms with E-state index < -0.39 is 10.0 Å². The van der Waals surface area contributed by atoms with E-state index in [0.717, 1.165) is 4.68 Å². The molecule has 0 unspecified atom stereocenters. The summed E-state index contributed by atoms with van der Waals surface area (Å²) in [4.78, 5) is 10.7. The van der Waals surface area contributed by atoms with Crippen molar-refractivity contribution in [1.82, 2.24) is 19.7 Å². The molecule has 0 saturated heterocycles. The van der Waals surface area contributed by atoms with Gasteiger partial charge in [0.1, 0.15) is 5.78 Å². The van der Waals surface area contributed by atoms with Gasteiger partial charge in [-0.25, -0.2) is 17.8 Å². The minimum absolute atomic E-state index is 0.108. The smallest absolute Gasteiger partial charge is 0.260 e. The van der Waals surface area contributed by atoms with E-state index in [1.165, 1.54) is 14.0 Å². The molecule has 1 rings (SSSR count). The highest BCUT2D eigenvalue weighted by atomic mass is 79.9. The predicted molar refractivity (Wildman–Crippen MR) is 54.6 cm³/mol. The molecule has 84 valence electrons. The Morgan fingerprint density at radius 2 is 2.20 bits per heavy atom. The van der Waals surface area contributed by atoms with Crippen molar-refractivity contribution in [1.29, 1.82) is 0 Å². The number of nitrogens with one attached hydrogen (secondary N) is 1. The topological polar surface area (TPSA) is 93.9 Å². The molecular formula is C6H9BrN4O3S. The van der Waals surface area contributed by atoms with Gasteiger partial charge in [0.05, 0.1) is 6.54 Å². The van der Waals surface area contributed by atoms with Gasteiger partial charge in [-0.2, -0.15) is 0 Å². The van der Waals surface area contributed by atoms with Gasteiger partial charge in [-0.1, -0.05) is 5.21 Å². The third-order valence-electron chi connectivity index (χ3n) is 1.50. The Kier molecular flexibility index (Phi) is 3.58. The van der Waals surface area contributed by atoms with Crippen molar-refractivity contribution in [2.24, 2.45) is 7.05 Å². The van der Waals surface area contributed by atoms with E-state index >= 15 is 0 Å². The molecule has 0 bridgehead atoms. The fraction of sp³-hybridized carbons (Fsp3) is 0.500. The molecule has 1 aromatic rings. The van der Waals surface area contributed by atoms with Crippen LogP contribution in [0.25, 0.3) is 0 Å². The van der Waals surface area contributed by atoms with Crippen molar-refractivity contribution < 1.29 is 13.2 Å². The van der Waals surface area contributed by atoms with Gasteiger partial charge in [-0.15, -0.1) is 5.10 Å². The number of sulfonamides is 1. The van der Waals surface area contributed by atoms with E-state index in [2.05, 4.69) is 31.0 Å². The van der Waals surface area contributed by atoms with Crippen LogP contribution < -0.4 is 4.72 Å². The van der Waals surface area contributed by atoms with Crippen LogP contribution in [-0.4, -0.2) is 35.7 Å².